The molecule has 1 spiro atoms. The van der Waals surface area contributed by atoms with E-state index in [2.05, 4.69) is 4.72 Å². The van der Waals surface area contributed by atoms with E-state index in [-0.39, 0.29) is 11.7 Å². The average Bonchev–Trinajstić information content (AvgIpc) is 3.54. The minimum Gasteiger partial charge on any atom is -0.490 e. The van der Waals surface area contributed by atoms with Crippen LogP contribution in [0, 0.1) is 11.2 Å². The highest BCUT2D eigenvalue weighted by Crippen LogP contribution is 2.49. The van der Waals surface area contributed by atoms with E-state index in [0.717, 1.165) is 37.7 Å². The largest absolute Gasteiger partial charge is 0.490 e. The Labute approximate surface area is 186 Å². The van der Waals surface area contributed by atoms with Crippen LogP contribution in [-0.2, 0) is 11.2 Å². The molecule has 1 unspecified atom stereocenters. The second kappa shape index (κ2) is 8.81. The average molecular weight is 449 g/mol. The van der Waals surface area contributed by atoms with Gasteiger partial charge < -0.3 is 4.74 Å². The monoisotopic (exact) mass is 448 g/mol. The van der Waals surface area contributed by atoms with Gasteiger partial charge in [0.15, 0.2) is 11.2 Å². The molecule has 31 heavy (non-hydrogen) atoms. The van der Waals surface area contributed by atoms with Gasteiger partial charge in [0.2, 0.25) is 0 Å². The number of carbonyl (C=O) groups is 1. The normalized spacial score (nSPS) is 25.1. The zero-order valence-corrected chi connectivity index (χ0v) is 19.0. The van der Waals surface area contributed by atoms with E-state index in [1.54, 1.807) is 10.4 Å². The molecule has 5 nitrogen and oxygen atoms in total. The van der Waals surface area contributed by atoms with Crippen molar-refractivity contribution in [2.75, 3.05) is 13.1 Å². The predicted molar refractivity (Wildman–Crippen MR) is 119 cm³/mol. The van der Waals surface area contributed by atoms with Crippen molar-refractivity contribution in [2.45, 2.75) is 89.1 Å². The standard InChI is InChI=1S/C24H33FN2O3S/c25-21-16-22(30-18-7-11-24(12-8-18)9-2-1-3-10-24)19(17-5-6-17)15-20(21)23(28)26-31(29)27-13-4-14-27/h15-18H,1-14H2,(H,26,28). The third-order valence-electron chi connectivity index (χ3n) is 7.79. The molecule has 0 aromatic heterocycles. The number of hydrogen-bond donors (Lipinski definition) is 1. The van der Waals surface area contributed by atoms with Crippen LogP contribution >= 0.6 is 0 Å². The van der Waals surface area contributed by atoms with Crippen molar-refractivity contribution in [2.24, 2.45) is 5.41 Å². The molecule has 1 heterocycles. The van der Waals surface area contributed by atoms with E-state index in [4.69, 9.17) is 4.74 Å². The summed E-state index contributed by atoms with van der Waals surface area (Å²) in [6, 6.07) is 3.02. The summed E-state index contributed by atoms with van der Waals surface area (Å²) in [4.78, 5) is 12.6. The van der Waals surface area contributed by atoms with Crippen molar-refractivity contribution in [3.05, 3.63) is 29.1 Å². The molecule has 3 saturated carbocycles. The number of carbonyl (C=O) groups excluding carboxylic acids is 1. The van der Waals surface area contributed by atoms with Crippen molar-refractivity contribution in [1.82, 2.24) is 9.03 Å². The first-order valence-electron chi connectivity index (χ1n) is 12.0. The lowest BCUT2D eigenvalue weighted by Gasteiger charge is -2.43. The number of halogens is 1. The number of hydrogen-bond acceptors (Lipinski definition) is 3. The van der Waals surface area contributed by atoms with Crippen LogP contribution in [0.25, 0.3) is 0 Å². The summed E-state index contributed by atoms with van der Waals surface area (Å²) in [5.41, 5.74) is 1.42. The Morgan fingerprint density at radius 1 is 1.03 bits per heavy atom. The minimum absolute atomic E-state index is 0.0343. The first-order chi connectivity index (χ1) is 15.0. The molecule has 170 valence electrons. The van der Waals surface area contributed by atoms with Crippen LogP contribution in [-0.4, -0.2) is 33.6 Å². The number of benzene rings is 1. The highest BCUT2D eigenvalue weighted by molar-refractivity contribution is 7.81. The molecular weight excluding hydrogens is 415 g/mol. The van der Waals surface area contributed by atoms with E-state index in [1.165, 1.54) is 51.0 Å². The van der Waals surface area contributed by atoms with Gasteiger partial charge in [-0.3, -0.25) is 9.52 Å². The van der Waals surface area contributed by atoms with Crippen LogP contribution in [0.4, 0.5) is 4.39 Å². The van der Waals surface area contributed by atoms with E-state index in [0.29, 0.717) is 30.2 Å². The highest BCUT2D eigenvalue weighted by atomic mass is 32.2. The van der Waals surface area contributed by atoms with Gasteiger partial charge in [0.1, 0.15) is 11.6 Å². The molecule has 3 aliphatic carbocycles. The Hall–Kier alpha value is -1.47. The molecule has 1 amide bonds. The Morgan fingerprint density at radius 3 is 2.35 bits per heavy atom. The van der Waals surface area contributed by atoms with E-state index in [1.807, 2.05) is 0 Å². The molecule has 1 N–H and O–H groups in total. The molecule has 1 saturated heterocycles. The SMILES string of the molecule is O=C(NS(=O)N1CCC1)c1cc(C2CC2)c(OC2CCC3(CCCCC3)CC2)cc1F. The Kier molecular flexibility index (Phi) is 6.08. The van der Waals surface area contributed by atoms with Crippen LogP contribution in [0.15, 0.2) is 12.1 Å². The van der Waals surface area contributed by atoms with Crippen molar-refractivity contribution >= 4 is 17.1 Å². The van der Waals surface area contributed by atoms with Gasteiger partial charge in [0, 0.05) is 19.2 Å². The number of nitrogens with zero attached hydrogens (tertiary/aromatic N) is 1. The van der Waals surface area contributed by atoms with E-state index in [9.17, 15) is 13.4 Å². The lowest BCUT2D eigenvalue weighted by Crippen LogP contribution is -2.45. The number of rotatable bonds is 6. The Balaban J connectivity index is 1.27. The van der Waals surface area contributed by atoms with Gasteiger partial charge in [0.05, 0.1) is 11.7 Å². The van der Waals surface area contributed by atoms with Crippen LogP contribution in [0.3, 0.4) is 0 Å². The fourth-order valence-corrected chi connectivity index (χ4v) is 6.50. The Bertz CT molecular complexity index is 853. The topological polar surface area (TPSA) is 58.6 Å². The molecule has 1 aromatic rings. The molecule has 4 aliphatic rings. The maximum atomic E-state index is 14.9. The van der Waals surface area contributed by atoms with Gasteiger partial charge in [0.25, 0.3) is 5.91 Å². The van der Waals surface area contributed by atoms with Crippen LogP contribution in [0.1, 0.15) is 98.9 Å². The minimum atomic E-state index is -1.60. The maximum absolute atomic E-state index is 14.9. The fraction of sp³-hybridized carbons (Fsp3) is 0.708. The van der Waals surface area contributed by atoms with Gasteiger partial charge in [-0.25, -0.2) is 12.9 Å². The van der Waals surface area contributed by atoms with Crippen molar-refractivity contribution in [3.63, 3.8) is 0 Å². The van der Waals surface area contributed by atoms with Crippen LogP contribution in [0.5, 0.6) is 5.75 Å². The molecule has 5 rings (SSSR count). The molecule has 0 bridgehead atoms. The van der Waals surface area contributed by atoms with Crippen LogP contribution < -0.4 is 9.46 Å². The lowest BCUT2D eigenvalue weighted by molar-refractivity contribution is 0.0517. The Morgan fingerprint density at radius 2 is 1.74 bits per heavy atom. The lowest BCUT2D eigenvalue weighted by atomic mass is 9.65. The molecule has 0 radical (unpaired) electrons. The number of nitrogens with one attached hydrogen (secondary N) is 1. The molecule has 1 aliphatic heterocycles. The van der Waals surface area contributed by atoms with Gasteiger partial charge in [-0.15, -0.1) is 0 Å². The van der Waals surface area contributed by atoms with Gasteiger partial charge >= 0.3 is 0 Å². The third-order valence-corrected chi connectivity index (χ3v) is 8.99. The summed E-state index contributed by atoms with van der Waals surface area (Å²) in [5.74, 6) is -0.286. The van der Waals surface area contributed by atoms with Crippen LogP contribution in [0.2, 0.25) is 0 Å². The van der Waals surface area contributed by atoms with Crippen molar-refractivity contribution in [1.29, 1.82) is 0 Å². The second-order valence-electron chi connectivity index (χ2n) is 9.98. The summed E-state index contributed by atoms with van der Waals surface area (Å²) < 4.78 is 37.5. The van der Waals surface area contributed by atoms with E-state index >= 15 is 0 Å². The zero-order chi connectivity index (χ0) is 21.4. The molecule has 4 fully saturated rings. The molecule has 1 atom stereocenters. The van der Waals surface area contributed by atoms with Crippen molar-refractivity contribution in [3.8, 4) is 5.75 Å². The zero-order valence-electron chi connectivity index (χ0n) is 18.2. The summed E-state index contributed by atoms with van der Waals surface area (Å²) >= 11 is -1.60. The summed E-state index contributed by atoms with van der Waals surface area (Å²) in [5, 5.41) is 0. The highest BCUT2D eigenvalue weighted by Gasteiger charge is 2.38. The fourth-order valence-electron chi connectivity index (χ4n) is 5.52. The smallest absolute Gasteiger partial charge is 0.266 e. The van der Waals surface area contributed by atoms with Gasteiger partial charge in [-0.2, -0.15) is 0 Å². The van der Waals surface area contributed by atoms with E-state index < -0.39 is 22.9 Å². The van der Waals surface area contributed by atoms with Gasteiger partial charge in [-0.05, 0) is 80.8 Å². The molecular formula is C24H33FN2O3S. The first kappa shape index (κ1) is 21.4. The summed E-state index contributed by atoms with van der Waals surface area (Å²) in [6.45, 7) is 1.39. The molecule has 7 heteroatoms. The summed E-state index contributed by atoms with van der Waals surface area (Å²) in [6.07, 6.45) is 14.4. The first-order valence-corrected chi connectivity index (χ1v) is 13.1. The third kappa shape index (κ3) is 4.68. The second-order valence-corrected chi connectivity index (χ2v) is 11.2. The molecule has 1 aromatic carbocycles. The quantitative estimate of drug-likeness (QED) is 0.667. The number of amides is 1. The predicted octanol–water partition coefficient (Wildman–Crippen LogP) is 4.99. The summed E-state index contributed by atoms with van der Waals surface area (Å²) in [7, 11) is 0. The number of ether oxygens (including phenoxy) is 1. The van der Waals surface area contributed by atoms with Gasteiger partial charge in [-0.1, -0.05) is 19.3 Å². The maximum Gasteiger partial charge on any atom is 0.266 e. The van der Waals surface area contributed by atoms with Crippen molar-refractivity contribution < 1.29 is 18.1 Å².